The van der Waals surface area contributed by atoms with Crippen molar-refractivity contribution in [1.82, 2.24) is 9.97 Å². The highest BCUT2D eigenvalue weighted by Gasteiger charge is 2.32. The van der Waals surface area contributed by atoms with E-state index in [1.807, 2.05) is 0 Å². The lowest BCUT2D eigenvalue weighted by molar-refractivity contribution is -0.274. The number of halogens is 4. The van der Waals surface area contributed by atoms with Crippen LogP contribution in [0.3, 0.4) is 0 Å². The number of carbonyl (C=O) groups is 1. The Morgan fingerprint density at radius 1 is 1.33 bits per heavy atom. The van der Waals surface area contributed by atoms with E-state index in [0.717, 1.165) is 12.3 Å². The highest BCUT2D eigenvalue weighted by atomic mass is 35.5. The van der Waals surface area contributed by atoms with Gasteiger partial charge in [-0.2, -0.15) is 4.98 Å². The molecule has 1 amide bonds. The van der Waals surface area contributed by atoms with Crippen molar-refractivity contribution in [3.63, 3.8) is 0 Å². The van der Waals surface area contributed by atoms with Crippen LogP contribution in [0.5, 0.6) is 5.75 Å². The van der Waals surface area contributed by atoms with Gasteiger partial charge in [-0.25, -0.2) is 4.98 Å². The highest BCUT2D eigenvalue weighted by Crippen LogP contribution is 2.29. The predicted octanol–water partition coefficient (Wildman–Crippen LogP) is 3.90. The summed E-state index contributed by atoms with van der Waals surface area (Å²) in [7, 11) is 0. The van der Waals surface area contributed by atoms with Crippen molar-refractivity contribution >= 4 is 34.8 Å². The Kier molecular flexibility index (Phi) is 5.24. The molecule has 24 heavy (non-hydrogen) atoms. The van der Waals surface area contributed by atoms with E-state index < -0.39 is 17.3 Å². The van der Waals surface area contributed by atoms with E-state index in [1.54, 1.807) is 24.3 Å². The Balaban J connectivity index is 2.14. The van der Waals surface area contributed by atoms with Gasteiger partial charge in [0.15, 0.2) is 10.9 Å². The second-order valence-electron chi connectivity index (χ2n) is 4.30. The molecular formula is C14H10ClF3N4O2. The zero-order chi connectivity index (χ0) is 17.7. The van der Waals surface area contributed by atoms with Gasteiger partial charge < -0.3 is 15.4 Å². The van der Waals surface area contributed by atoms with Crippen molar-refractivity contribution in [2.75, 3.05) is 10.6 Å². The molecule has 2 N–H and O–H groups in total. The Morgan fingerprint density at radius 3 is 2.67 bits per heavy atom. The van der Waals surface area contributed by atoms with Gasteiger partial charge in [-0.15, -0.1) is 13.2 Å². The van der Waals surface area contributed by atoms with Crippen molar-refractivity contribution in [2.45, 2.75) is 6.36 Å². The summed E-state index contributed by atoms with van der Waals surface area (Å²) in [4.78, 5) is 18.6. The lowest BCUT2D eigenvalue weighted by Gasteiger charge is -2.11. The molecule has 0 aliphatic carbocycles. The number of hydrogen-bond acceptors (Lipinski definition) is 5. The van der Waals surface area contributed by atoms with Gasteiger partial charge in [0.2, 0.25) is 11.9 Å². The Labute approximate surface area is 139 Å². The molecule has 1 aromatic heterocycles. The molecule has 0 radical (unpaired) electrons. The zero-order valence-corrected chi connectivity index (χ0v) is 12.6. The van der Waals surface area contributed by atoms with E-state index in [2.05, 4.69) is 31.9 Å². The first-order valence-corrected chi connectivity index (χ1v) is 6.73. The summed E-state index contributed by atoms with van der Waals surface area (Å²) in [6, 6.07) is 6.49. The summed E-state index contributed by atoms with van der Waals surface area (Å²) >= 11 is 5.64. The van der Waals surface area contributed by atoms with Gasteiger partial charge in [0.25, 0.3) is 0 Å². The van der Waals surface area contributed by atoms with E-state index in [4.69, 9.17) is 11.6 Å². The van der Waals surface area contributed by atoms with Crippen LogP contribution in [0.25, 0.3) is 0 Å². The van der Waals surface area contributed by atoms with Gasteiger partial charge in [0, 0.05) is 11.4 Å². The Bertz CT molecular complexity index is 768. The van der Waals surface area contributed by atoms with Gasteiger partial charge >= 0.3 is 6.36 Å². The molecule has 10 heteroatoms. The molecule has 0 atom stereocenters. The summed E-state index contributed by atoms with van der Waals surface area (Å²) in [5, 5.41) is 4.80. The number of hydrogen-bond donors (Lipinski definition) is 2. The van der Waals surface area contributed by atoms with Crippen molar-refractivity contribution in [2.24, 2.45) is 0 Å². The summed E-state index contributed by atoms with van der Waals surface area (Å²) < 4.78 is 40.1. The third-order valence-electron chi connectivity index (χ3n) is 2.51. The zero-order valence-electron chi connectivity index (χ0n) is 11.9. The van der Waals surface area contributed by atoms with Crippen LogP contribution in [0, 0.1) is 0 Å². The Hall–Kier alpha value is -2.81. The number of rotatable bonds is 5. The molecule has 6 nitrogen and oxygen atoms in total. The van der Waals surface area contributed by atoms with Gasteiger partial charge in [-0.1, -0.05) is 24.2 Å². The van der Waals surface area contributed by atoms with Crippen LogP contribution in [0.15, 0.2) is 43.1 Å². The van der Waals surface area contributed by atoms with Crippen LogP contribution in [0.1, 0.15) is 0 Å². The van der Waals surface area contributed by atoms with E-state index in [0.29, 0.717) is 11.4 Å². The van der Waals surface area contributed by atoms with Crippen molar-refractivity contribution in [1.29, 1.82) is 0 Å². The lowest BCUT2D eigenvalue weighted by atomic mass is 10.2. The largest absolute Gasteiger partial charge is 0.573 e. The van der Waals surface area contributed by atoms with E-state index >= 15 is 0 Å². The maximum Gasteiger partial charge on any atom is 0.573 e. The number of ether oxygens (including phenoxy) is 1. The molecular weight excluding hydrogens is 349 g/mol. The highest BCUT2D eigenvalue weighted by molar-refractivity contribution is 6.30. The minimum absolute atomic E-state index is 0.0401. The second kappa shape index (κ2) is 7.18. The summed E-state index contributed by atoms with van der Waals surface area (Å²) in [5.41, 5.74) is 0.963. The first-order chi connectivity index (χ1) is 11.3. The molecule has 1 heterocycles. The maximum atomic E-state index is 12.2. The minimum Gasteiger partial charge on any atom is -0.401 e. The fourth-order valence-corrected chi connectivity index (χ4v) is 1.77. The average Bonchev–Trinajstić information content (AvgIpc) is 2.49. The van der Waals surface area contributed by atoms with Crippen molar-refractivity contribution in [3.8, 4) is 5.75 Å². The molecule has 0 unspecified atom stereocenters. The number of carbonyl (C=O) groups excluding carboxylic acids is 1. The van der Waals surface area contributed by atoms with Crippen LogP contribution in [0.2, 0.25) is 5.15 Å². The van der Waals surface area contributed by atoms with Gasteiger partial charge in [0.1, 0.15) is 0 Å². The van der Waals surface area contributed by atoms with Crippen LogP contribution >= 0.6 is 11.6 Å². The van der Waals surface area contributed by atoms with Gasteiger partial charge in [-0.3, -0.25) is 4.79 Å². The molecule has 0 bridgehead atoms. The number of alkyl halides is 3. The molecule has 0 saturated heterocycles. The quantitative estimate of drug-likeness (QED) is 0.626. The Morgan fingerprint density at radius 2 is 2.04 bits per heavy atom. The van der Waals surface area contributed by atoms with Crippen LogP contribution < -0.4 is 15.4 Å². The third kappa shape index (κ3) is 5.13. The van der Waals surface area contributed by atoms with E-state index in [9.17, 15) is 18.0 Å². The van der Waals surface area contributed by atoms with Gasteiger partial charge in [-0.05, 0) is 24.3 Å². The number of aromatic nitrogens is 2. The van der Waals surface area contributed by atoms with Crippen molar-refractivity contribution in [3.05, 3.63) is 48.3 Å². The van der Waals surface area contributed by atoms with Crippen LogP contribution in [0.4, 0.5) is 30.5 Å². The minimum atomic E-state index is -4.89. The van der Waals surface area contributed by atoms with E-state index in [1.165, 1.54) is 0 Å². The summed E-state index contributed by atoms with van der Waals surface area (Å²) in [6.07, 6.45) is -2.98. The molecule has 1 aromatic carbocycles. The normalized spacial score (nSPS) is 10.8. The topological polar surface area (TPSA) is 76.1 Å². The van der Waals surface area contributed by atoms with Crippen LogP contribution in [-0.4, -0.2) is 22.2 Å². The van der Waals surface area contributed by atoms with Gasteiger partial charge in [0.05, 0.1) is 6.20 Å². The first kappa shape index (κ1) is 17.5. The lowest BCUT2D eigenvalue weighted by Crippen LogP contribution is -2.18. The van der Waals surface area contributed by atoms with Crippen molar-refractivity contribution < 1.29 is 22.7 Å². The summed E-state index contributed by atoms with van der Waals surface area (Å²) in [6.45, 7) is 3.34. The fourth-order valence-electron chi connectivity index (χ4n) is 1.60. The number of nitrogens with zero attached hydrogens (tertiary/aromatic N) is 2. The molecule has 0 aliphatic rings. The molecule has 0 aliphatic heterocycles. The molecule has 0 fully saturated rings. The standard InChI is InChI=1S/C14H10ClF3N4O2/c1-2-11(23)20-8-4-3-5-9(6-8)21-13-19-7-10(12(15)22-13)24-14(16,17)18/h2-7H,1H2,(H,20,23)(H,19,21,22). The molecule has 0 saturated carbocycles. The smallest absolute Gasteiger partial charge is 0.401 e. The summed E-state index contributed by atoms with van der Waals surface area (Å²) in [5.74, 6) is -1.14. The number of anilines is 3. The number of amides is 1. The number of nitrogens with one attached hydrogen (secondary N) is 2. The number of benzene rings is 1. The molecule has 0 spiro atoms. The van der Waals surface area contributed by atoms with E-state index in [-0.39, 0.29) is 11.9 Å². The second-order valence-corrected chi connectivity index (χ2v) is 4.65. The predicted molar refractivity (Wildman–Crippen MR) is 82.3 cm³/mol. The molecule has 2 aromatic rings. The monoisotopic (exact) mass is 358 g/mol. The maximum absolute atomic E-state index is 12.2. The molecule has 2 rings (SSSR count). The van der Waals surface area contributed by atoms with Crippen LogP contribution in [-0.2, 0) is 4.79 Å². The first-order valence-electron chi connectivity index (χ1n) is 6.35. The SMILES string of the molecule is C=CC(=O)Nc1cccc(Nc2ncc(OC(F)(F)F)c(Cl)n2)c1. The third-order valence-corrected chi connectivity index (χ3v) is 2.78. The average molecular weight is 359 g/mol. The molecule has 126 valence electrons. The fraction of sp³-hybridized carbons (Fsp3) is 0.0714.